The van der Waals surface area contributed by atoms with Crippen LogP contribution in [-0.4, -0.2) is 37.0 Å². The van der Waals surface area contributed by atoms with Gasteiger partial charge in [0.1, 0.15) is 0 Å². The van der Waals surface area contributed by atoms with Gasteiger partial charge in [0, 0.05) is 5.41 Å². The topological polar surface area (TPSA) is 55.8 Å². The van der Waals surface area contributed by atoms with E-state index in [0.717, 1.165) is 12.8 Å². The third-order valence-electron chi connectivity index (χ3n) is 2.60. The van der Waals surface area contributed by atoms with Gasteiger partial charge in [0.25, 0.3) is 0 Å². The first kappa shape index (κ1) is 11.5. The van der Waals surface area contributed by atoms with Crippen LogP contribution in [0.1, 0.15) is 26.7 Å². The van der Waals surface area contributed by atoms with E-state index in [0.29, 0.717) is 6.61 Å². The average molecular weight is 202 g/mol. The number of esters is 1. The molecule has 1 rings (SSSR count). The van der Waals surface area contributed by atoms with Crippen LogP contribution in [0.15, 0.2) is 0 Å². The Balaban J connectivity index is 2.45. The molecule has 1 N–H and O–H groups in total. The van der Waals surface area contributed by atoms with Gasteiger partial charge < -0.3 is 14.6 Å². The molecule has 1 atom stereocenters. The minimum Gasteiger partial charge on any atom is -0.467 e. The average Bonchev–Trinajstić information content (AvgIpc) is 2.93. The van der Waals surface area contributed by atoms with Gasteiger partial charge in [-0.05, 0) is 26.7 Å². The molecule has 14 heavy (non-hydrogen) atoms. The Morgan fingerprint density at radius 2 is 2.07 bits per heavy atom. The van der Waals surface area contributed by atoms with Gasteiger partial charge in [-0.1, -0.05) is 0 Å². The number of carbonyl (C=O) groups excluding carboxylic acids is 1. The third kappa shape index (κ3) is 2.45. The lowest BCUT2D eigenvalue weighted by molar-refractivity contribution is -0.156. The Bertz CT molecular complexity index is 208. The van der Waals surface area contributed by atoms with Crippen molar-refractivity contribution in [3.63, 3.8) is 0 Å². The summed E-state index contributed by atoms with van der Waals surface area (Å²) < 4.78 is 9.92. The molecule has 0 saturated heterocycles. The van der Waals surface area contributed by atoms with Crippen molar-refractivity contribution in [2.45, 2.75) is 38.9 Å². The number of rotatable bonds is 5. The highest BCUT2D eigenvalue weighted by Gasteiger charge is 2.52. The fourth-order valence-corrected chi connectivity index (χ4v) is 1.35. The van der Waals surface area contributed by atoms with Crippen molar-refractivity contribution in [1.29, 1.82) is 0 Å². The Hall–Kier alpha value is -0.610. The Morgan fingerprint density at radius 3 is 2.43 bits per heavy atom. The van der Waals surface area contributed by atoms with Crippen LogP contribution in [0, 0.1) is 5.41 Å². The van der Waals surface area contributed by atoms with E-state index in [4.69, 9.17) is 4.74 Å². The van der Waals surface area contributed by atoms with Crippen molar-refractivity contribution in [1.82, 2.24) is 0 Å². The summed E-state index contributed by atoms with van der Waals surface area (Å²) in [5.41, 5.74) is -0.378. The predicted octanol–water partition coefficient (Wildman–Crippen LogP) is 0.725. The molecule has 82 valence electrons. The zero-order chi connectivity index (χ0) is 10.8. The lowest BCUT2D eigenvalue weighted by Gasteiger charge is -2.21. The Morgan fingerprint density at radius 1 is 1.50 bits per heavy atom. The largest absolute Gasteiger partial charge is 0.467 e. The van der Waals surface area contributed by atoms with Crippen molar-refractivity contribution in [3.05, 3.63) is 0 Å². The van der Waals surface area contributed by atoms with Crippen LogP contribution in [0.3, 0.4) is 0 Å². The second-order valence-corrected chi connectivity index (χ2v) is 4.15. The van der Waals surface area contributed by atoms with Crippen molar-refractivity contribution >= 4 is 5.97 Å². The van der Waals surface area contributed by atoms with E-state index in [1.54, 1.807) is 0 Å². The molecule has 1 saturated carbocycles. The molecule has 4 heteroatoms. The molecule has 1 aliphatic rings. The van der Waals surface area contributed by atoms with Crippen LogP contribution >= 0.6 is 0 Å². The summed E-state index contributed by atoms with van der Waals surface area (Å²) in [6.45, 7) is 4.29. The maximum atomic E-state index is 11.1. The number of hydrogen-bond acceptors (Lipinski definition) is 4. The SMILES string of the molecule is COC(=O)C(O)C1(COC(C)C)CC1. The maximum absolute atomic E-state index is 11.1. The number of aliphatic hydroxyl groups excluding tert-OH is 1. The van der Waals surface area contributed by atoms with E-state index in [-0.39, 0.29) is 11.5 Å². The number of aliphatic hydroxyl groups is 1. The molecule has 0 amide bonds. The van der Waals surface area contributed by atoms with Crippen LogP contribution in [0.5, 0.6) is 0 Å². The molecule has 0 aromatic heterocycles. The maximum Gasteiger partial charge on any atom is 0.335 e. The van der Waals surface area contributed by atoms with Crippen molar-refractivity contribution < 1.29 is 19.4 Å². The van der Waals surface area contributed by atoms with Crippen molar-refractivity contribution in [3.8, 4) is 0 Å². The standard InChI is InChI=1S/C10H18O4/c1-7(2)14-6-10(4-5-10)8(11)9(12)13-3/h7-8,11H,4-6H2,1-3H3. The molecule has 0 aliphatic heterocycles. The second-order valence-electron chi connectivity index (χ2n) is 4.15. The molecule has 1 unspecified atom stereocenters. The quantitative estimate of drug-likeness (QED) is 0.668. The molecule has 0 bridgehead atoms. The zero-order valence-electron chi connectivity index (χ0n) is 8.95. The molecule has 1 fully saturated rings. The molecule has 0 radical (unpaired) electrons. The van der Waals surface area contributed by atoms with E-state index in [2.05, 4.69) is 4.74 Å². The minimum absolute atomic E-state index is 0.123. The van der Waals surface area contributed by atoms with Gasteiger partial charge in [-0.15, -0.1) is 0 Å². The molecule has 1 aliphatic carbocycles. The van der Waals surface area contributed by atoms with E-state index in [1.807, 2.05) is 13.8 Å². The fourth-order valence-electron chi connectivity index (χ4n) is 1.35. The summed E-state index contributed by atoms with van der Waals surface area (Å²) in [6.07, 6.45) is 0.745. The molecular weight excluding hydrogens is 184 g/mol. The van der Waals surface area contributed by atoms with E-state index >= 15 is 0 Å². The summed E-state index contributed by atoms with van der Waals surface area (Å²) in [5, 5.41) is 9.67. The smallest absolute Gasteiger partial charge is 0.335 e. The van der Waals surface area contributed by atoms with E-state index in [9.17, 15) is 9.90 Å². The monoisotopic (exact) mass is 202 g/mol. The predicted molar refractivity (Wildman–Crippen MR) is 50.8 cm³/mol. The highest BCUT2D eigenvalue weighted by molar-refractivity contribution is 5.75. The normalized spacial score (nSPS) is 20.6. The molecule has 0 aromatic carbocycles. The van der Waals surface area contributed by atoms with Crippen LogP contribution < -0.4 is 0 Å². The summed E-state index contributed by atoms with van der Waals surface area (Å²) in [6, 6.07) is 0. The van der Waals surface area contributed by atoms with E-state index < -0.39 is 12.1 Å². The van der Waals surface area contributed by atoms with Gasteiger partial charge in [-0.3, -0.25) is 0 Å². The first-order valence-corrected chi connectivity index (χ1v) is 4.89. The summed E-state index contributed by atoms with van der Waals surface area (Å²) in [5.74, 6) is -0.560. The van der Waals surface area contributed by atoms with Crippen LogP contribution in [-0.2, 0) is 14.3 Å². The van der Waals surface area contributed by atoms with Crippen LogP contribution in [0.2, 0.25) is 0 Å². The summed E-state index contributed by atoms with van der Waals surface area (Å²) in [7, 11) is 1.28. The zero-order valence-corrected chi connectivity index (χ0v) is 8.95. The molecular formula is C10H18O4. The highest BCUT2D eigenvalue weighted by Crippen LogP contribution is 2.49. The van der Waals surface area contributed by atoms with Crippen molar-refractivity contribution in [2.24, 2.45) is 5.41 Å². The molecule has 4 nitrogen and oxygen atoms in total. The first-order valence-electron chi connectivity index (χ1n) is 4.89. The highest BCUT2D eigenvalue weighted by atomic mass is 16.5. The van der Waals surface area contributed by atoms with Gasteiger partial charge in [0.05, 0.1) is 19.8 Å². The molecule has 0 heterocycles. The number of ether oxygens (including phenoxy) is 2. The molecule has 0 spiro atoms. The van der Waals surface area contributed by atoms with Gasteiger partial charge in [0.2, 0.25) is 0 Å². The number of carbonyl (C=O) groups is 1. The van der Waals surface area contributed by atoms with Gasteiger partial charge >= 0.3 is 5.97 Å². The van der Waals surface area contributed by atoms with Gasteiger partial charge in [-0.25, -0.2) is 4.79 Å². The van der Waals surface area contributed by atoms with Crippen LogP contribution in [0.4, 0.5) is 0 Å². The van der Waals surface area contributed by atoms with Crippen LogP contribution in [0.25, 0.3) is 0 Å². The molecule has 0 aromatic rings. The summed E-state index contributed by atoms with van der Waals surface area (Å²) >= 11 is 0. The van der Waals surface area contributed by atoms with Gasteiger partial charge in [0.15, 0.2) is 6.10 Å². The lowest BCUT2D eigenvalue weighted by atomic mass is 10.0. The van der Waals surface area contributed by atoms with Gasteiger partial charge in [-0.2, -0.15) is 0 Å². The fraction of sp³-hybridized carbons (Fsp3) is 0.900. The second kappa shape index (κ2) is 4.28. The number of hydrogen-bond donors (Lipinski definition) is 1. The Kier molecular flexibility index (Phi) is 3.50. The third-order valence-corrected chi connectivity index (χ3v) is 2.60. The Labute approximate surface area is 84.2 Å². The van der Waals surface area contributed by atoms with E-state index in [1.165, 1.54) is 7.11 Å². The number of methoxy groups -OCH3 is 1. The lowest BCUT2D eigenvalue weighted by Crippen LogP contribution is -2.35. The first-order chi connectivity index (χ1) is 6.52. The summed E-state index contributed by atoms with van der Waals surface area (Å²) in [4.78, 5) is 11.1. The van der Waals surface area contributed by atoms with Crippen molar-refractivity contribution in [2.75, 3.05) is 13.7 Å². The minimum atomic E-state index is -1.04.